The molecular formula is C11H11NO. The Kier molecular flexibility index (Phi) is 2.23. The van der Waals surface area contributed by atoms with Crippen LogP contribution in [0.2, 0.25) is 0 Å². The number of pyridine rings is 1. The summed E-state index contributed by atoms with van der Waals surface area (Å²) in [5, 5.41) is 11.2. The number of aliphatic hydroxyl groups is 1. The molecule has 2 rings (SSSR count). The van der Waals surface area contributed by atoms with E-state index in [2.05, 4.69) is 11.1 Å². The zero-order chi connectivity index (χ0) is 9.10. The van der Waals surface area contributed by atoms with Gasteiger partial charge in [0.05, 0.1) is 0 Å². The van der Waals surface area contributed by atoms with E-state index in [4.69, 9.17) is 5.11 Å². The zero-order valence-corrected chi connectivity index (χ0v) is 7.27. The van der Waals surface area contributed by atoms with Crippen LogP contribution in [0.3, 0.4) is 0 Å². The van der Waals surface area contributed by atoms with Crippen molar-refractivity contribution < 1.29 is 5.11 Å². The average Bonchev–Trinajstić information content (AvgIpc) is 2.19. The molecule has 2 heteroatoms. The molecule has 0 bridgehead atoms. The van der Waals surface area contributed by atoms with Crippen LogP contribution in [0.25, 0.3) is 10.8 Å². The molecule has 1 aromatic heterocycles. The van der Waals surface area contributed by atoms with Crippen LogP contribution in [-0.2, 0) is 6.42 Å². The van der Waals surface area contributed by atoms with E-state index in [0.29, 0.717) is 6.42 Å². The van der Waals surface area contributed by atoms with E-state index < -0.39 is 0 Å². The molecule has 0 amide bonds. The molecule has 0 saturated carbocycles. The lowest BCUT2D eigenvalue weighted by Gasteiger charge is -2.02. The lowest BCUT2D eigenvalue weighted by atomic mass is 10.1. The highest BCUT2D eigenvalue weighted by atomic mass is 16.2. The summed E-state index contributed by atoms with van der Waals surface area (Å²) in [4.78, 5) is 4.12. The highest BCUT2D eigenvalue weighted by Gasteiger charge is 1.98. The minimum absolute atomic E-state index is 0.176. The molecular weight excluding hydrogens is 162 g/mol. The summed E-state index contributed by atoms with van der Waals surface area (Å²) in [7, 11) is 0. The fraction of sp³-hybridized carbons (Fsp3) is 0.182. The van der Waals surface area contributed by atoms with Gasteiger partial charge in [-0.3, -0.25) is 4.98 Å². The van der Waals surface area contributed by atoms with Gasteiger partial charge in [-0.1, -0.05) is 24.3 Å². The summed E-state index contributed by atoms with van der Waals surface area (Å²) in [6.45, 7) is 0.176. The normalized spacial score (nSPS) is 10.5. The summed E-state index contributed by atoms with van der Waals surface area (Å²) < 4.78 is 0. The Labute approximate surface area is 76.9 Å². The van der Waals surface area contributed by atoms with E-state index in [0.717, 1.165) is 10.9 Å². The van der Waals surface area contributed by atoms with Crippen molar-refractivity contribution in [3.05, 3.63) is 42.2 Å². The third-order valence-corrected chi connectivity index (χ3v) is 2.13. The Morgan fingerprint density at radius 1 is 1.15 bits per heavy atom. The molecule has 2 aromatic rings. The molecule has 0 spiro atoms. The molecule has 2 nitrogen and oxygen atoms in total. The van der Waals surface area contributed by atoms with Gasteiger partial charge in [-0.15, -0.1) is 0 Å². The third kappa shape index (κ3) is 1.53. The molecule has 0 atom stereocenters. The number of benzene rings is 1. The summed E-state index contributed by atoms with van der Waals surface area (Å²) >= 11 is 0. The first kappa shape index (κ1) is 8.20. The van der Waals surface area contributed by atoms with Crippen molar-refractivity contribution in [2.24, 2.45) is 0 Å². The quantitative estimate of drug-likeness (QED) is 0.750. The molecule has 66 valence electrons. The highest BCUT2D eigenvalue weighted by Crippen LogP contribution is 2.16. The first-order valence-electron chi connectivity index (χ1n) is 4.34. The summed E-state index contributed by atoms with van der Waals surface area (Å²) in [5.74, 6) is 0. The fourth-order valence-electron chi connectivity index (χ4n) is 1.50. The topological polar surface area (TPSA) is 33.1 Å². The maximum atomic E-state index is 8.85. The smallest absolute Gasteiger partial charge is 0.0472 e. The minimum Gasteiger partial charge on any atom is -0.396 e. The Bertz CT molecular complexity index is 406. The molecule has 0 aliphatic heterocycles. The van der Waals surface area contributed by atoms with E-state index in [9.17, 15) is 0 Å². The monoisotopic (exact) mass is 173 g/mol. The first-order valence-corrected chi connectivity index (χ1v) is 4.34. The van der Waals surface area contributed by atoms with Crippen molar-refractivity contribution in [3.63, 3.8) is 0 Å². The second-order valence-corrected chi connectivity index (χ2v) is 2.99. The van der Waals surface area contributed by atoms with Crippen molar-refractivity contribution in [2.75, 3.05) is 6.61 Å². The SMILES string of the molecule is OCCc1cncc2ccccc12. The molecule has 0 unspecified atom stereocenters. The molecule has 0 radical (unpaired) electrons. The Morgan fingerprint density at radius 2 is 2.00 bits per heavy atom. The predicted molar refractivity (Wildman–Crippen MR) is 52.5 cm³/mol. The number of aliphatic hydroxyl groups excluding tert-OH is 1. The summed E-state index contributed by atoms with van der Waals surface area (Å²) in [6.07, 6.45) is 4.34. The summed E-state index contributed by atoms with van der Waals surface area (Å²) in [6, 6.07) is 8.08. The Balaban J connectivity index is 2.61. The van der Waals surface area contributed by atoms with E-state index in [1.54, 1.807) is 0 Å². The molecule has 1 N–H and O–H groups in total. The van der Waals surface area contributed by atoms with E-state index in [-0.39, 0.29) is 6.61 Å². The molecule has 0 fully saturated rings. The van der Waals surface area contributed by atoms with Gasteiger partial charge < -0.3 is 5.11 Å². The maximum absolute atomic E-state index is 8.85. The second-order valence-electron chi connectivity index (χ2n) is 2.99. The third-order valence-electron chi connectivity index (χ3n) is 2.13. The van der Waals surface area contributed by atoms with Gasteiger partial charge in [0.15, 0.2) is 0 Å². The van der Waals surface area contributed by atoms with Gasteiger partial charge in [0.2, 0.25) is 0 Å². The van der Waals surface area contributed by atoms with Crippen LogP contribution in [0, 0.1) is 0 Å². The Hall–Kier alpha value is -1.41. The van der Waals surface area contributed by atoms with Crippen molar-refractivity contribution in [1.82, 2.24) is 4.98 Å². The van der Waals surface area contributed by atoms with Gasteiger partial charge in [-0.2, -0.15) is 0 Å². The lowest BCUT2D eigenvalue weighted by molar-refractivity contribution is 0.300. The number of hydrogen-bond donors (Lipinski definition) is 1. The standard InChI is InChI=1S/C11H11NO/c13-6-5-10-8-12-7-9-3-1-2-4-11(9)10/h1-4,7-8,13H,5-6H2. The number of rotatable bonds is 2. The molecule has 1 aromatic carbocycles. The number of fused-ring (bicyclic) bond motifs is 1. The molecule has 1 heterocycles. The average molecular weight is 173 g/mol. The van der Waals surface area contributed by atoms with Gasteiger partial charge in [-0.25, -0.2) is 0 Å². The predicted octanol–water partition coefficient (Wildman–Crippen LogP) is 1.77. The van der Waals surface area contributed by atoms with Crippen LogP contribution in [-0.4, -0.2) is 16.7 Å². The van der Waals surface area contributed by atoms with Gasteiger partial charge in [-0.05, 0) is 17.4 Å². The van der Waals surface area contributed by atoms with Crippen LogP contribution in [0.5, 0.6) is 0 Å². The fourth-order valence-corrected chi connectivity index (χ4v) is 1.50. The van der Waals surface area contributed by atoms with Gasteiger partial charge in [0, 0.05) is 24.4 Å². The van der Waals surface area contributed by atoms with Crippen molar-refractivity contribution in [3.8, 4) is 0 Å². The van der Waals surface area contributed by atoms with Crippen LogP contribution in [0.1, 0.15) is 5.56 Å². The minimum atomic E-state index is 0.176. The highest BCUT2D eigenvalue weighted by molar-refractivity contribution is 5.84. The van der Waals surface area contributed by atoms with Crippen LogP contribution in [0.15, 0.2) is 36.7 Å². The van der Waals surface area contributed by atoms with Crippen molar-refractivity contribution in [1.29, 1.82) is 0 Å². The Morgan fingerprint density at radius 3 is 2.85 bits per heavy atom. The number of hydrogen-bond acceptors (Lipinski definition) is 2. The molecule has 0 saturated heterocycles. The van der Waals surface area contributed by atoms with Crippen molar-refractivity contribution >= 4 is 10.8 Å². The molecule has 0 aliphatic rings. The molecule has 0 aliphatic carbocycles. The number of aromatic nitrogens is 1. The van der Waals surface area contributed by atoms with E-state index >= 15 is 0 Å². The lowest BCUT2D eigenvalue weighted by Crippen LogP contribution is -1.92. The van der Waals surface area contributed by atoms with Gasteiger partial charge in [0.25, 0.3) is 0 Å². The van der Waals surface area contributed by atoms with Crippen LogP contribution >= 0.6 is 0 Å². The van der Waals surface area contributed by atoms with Gasteiger partial charge in [0.1, 0.15) is 0 Å². The van der Waals surface area contributed by atoms with E-state index in [1.807, 2.05) is 30.6 Å². The number of nitrogens with zero attached hydrogens (tertiary/aromatic N) is 1. The largest absolute Gasteiger partial charge is 0.396 e. The van der Waals surface area contributed by atoms with E-state index in [1.165, 1.54) is 5.39 Å². The van der Waals surface area contributed by atoms with Gasteiger partial charge >= 0.3 is 0 Å². The maximum Gasteiger partial charge on any atom is 0.0472 e. The summed E-state index contributed by atoms with van der Waals surface area (Å²) in [5.41, 5.74) is 1.11. The van der Waals surface area contributed by atoms with Crippen molar-refractivity contribution in [2.45, 2.75) is 6.42 Å². The zero-order valence-electron chi connectivity index (χ0n) is 7.27. The van der Waals surface area contributed by atoms with Crippen LogP contribution in [0.4, 0.5) is 0 Å². The first-order chi connectivity index (χ1) is 6.42. The second kappa shape index (κ2) is 3.54. The van der Waals surface area contributed by atoms with Crippen LogP contribution < -0.4 is 0 Å². The molecule has 13 heavy (non-hydrogen) atoms.